The Bertz CT molecular complexity index is 748. The summed E-state index contributed by atoms with van der Waals surface area (Å²) in [6.45, 7) is 0.388. The van der Waals surface area contributed by atoms with Crippen LogP contribution in [-0.2, 0) is 0 Å². The maximum absolute atomic E-state index is 10.1. The lowest BCUT2D eigenvalue weighted by Crippen LogP contribution is -2.11. The number of halogens is 1. The fourth-order valence-electron chi connectivity index (χ4n) is 2.04. The van der Waals surface area contributed by atoms with Crippen molar-refractivity contribution >= 4 is 28.1 Å². The lowest BCUT2D eigenvalue weighted by atomic mass is 10.1. The van der Waals surface area contributed by atoms with Gasteiger partial charge in [0.2, 0.25) is 0 Å². The minimum Gasteiger partial charge on any atom is -0.387 e. The van der Waals surface area contributed by atoms with Crippen molar-refractivity contribution in [1.29, 1.82) is 0 Å². The van der Waals surface area contributed by atoms with Gasteiger partial charge in [-0.25, -0.2) is 4.98 Å². The third-order valence-corrected chi connectivity index (χ3v) is 4.32. The number of hydrogen-bond donors (Lipinski definition) is 2. The monoisotopic (exact) mass is 331 g/mol. The van der Waals surface area contributed by atoms with E-state index in [1.807, 2.05) is 29.6 Å². The number of nitrogens with zero attached hydrogens (tertiary/aromatic N) is 2. The molecule has 1 aromatic carbocycles. The molecule has 6 heteroatoms. The fraction of sp³-hybridized carbons (Fsp3) is 0.125. The van der Waals surface area contributed by atoms with Crippen LogP contribution >= 0.6 is 22.9 Å². The van der Waals surface area contributed by atoms with E-state index in [9.17, 15) is 5.11 Å². The van der Waals surface area contributed by atoms with Crippen LogP contribution in [0.15, 0.2) is 54.2 Å². The highest BCUT2D eigenvalue weighted by Crippen LogP contribution is 2.30. The van der Waals surface area contributed by atoms with Crippen molar-refractivity contribution < 1.29 is 5.11 Å². The zero-order valence-electron chi connectivity index (χ0n) is 11.6. The molecule has 0 aliphatic carbocycles. The number of nitrogens with one attached hydrogen (secondary N) is 1. The van der Waals surface area contributed by atoms with E-state index in [0.717, 1.165) is 22.0 Å². The number of aliphatic hydroxyl groups excluding tert-OH is 1. The molecule has 22 heavy (non-hydrogen) atoms. The minimum absolute atomic E-state index is 0.388. The van der Waals surface area contributed by atoms with Crippen molar-refractivity contribution in [2.24, 2.45) is 0 Å². The van der Waals surface area contributed by atoms with Crippen LogP contribution < -0.4 is 5.32 Å². The molecule has 0 bridgehead atoms. The fourth-order valence-corrected chi connectivity index (χ4v) is 2.99. The van der Waals surface area contributed by atoms with E-state index in [2.05, 4.69) is 15.3 Å². The second-order valence-corrected chi connectivity index (χ2v) is 5.96. The van der Waals surface area contributed by atoms with Crippen molar-refractivity contribution in [2.45, 2.75) is 6.10 Å². The summed E-state index contributed by atoms with van der Waals surface area (Å²) in [5, 5.41) is 16.6. The Kier molecular flexibility index (Phi) is 4.68. The van der Waals surface area contributed by atoms with Crippen molar-refractivity contribution in [1.82, 2.24) is 9.97 Å². The van der Waals surface area contributed by atoms with E-state index < -0.39 is 6.10 Å². The van der Waals surface area contributed by atoms with Gasteiger partial charge >= 0.3 is 0 Å². The second kappa shape index (κ2) is 6.87. The average Bonchev–Trinajstić information content (AvgIpc) is 3.02. The van der Waals surface area contributed by atoms with Gasteiger partial charge in [0.15, 0.2) is 5.13 Å². The summed E-state index contributed by atoms with van der Waals surface area (Å²) in [5.74, 6) is 0. The zero-order valence-corrected chi connectivity index (χ0v) is 13.2. The first-order valence-electron chi connectivity index (χ1n) is 6.76. The van der Waals surface area contributed by atoms with Gasteiger partial charge in [-0.05, 0) is 23.8 Å². The Morgan fingerprint density at radius 1 is 1.18 bits per heavy atom. The molecule has 112 valence electrons. The van der Waals surface area contributed by atoms with Gasteiger partial charge in [0.05, 0.1) is 11.8 Å². The van der Waals surface area contributed by atoms with Gasteiger partial charge in [0.25, 0.3) is 0 Å². The van der Waals surface area contributed by atoms with Crippen molar-refractivity contribution in [2.75, 3.05) is 11.9 Å². The summed E-state index contributed by atoms with van der Waals surface area (Å²) in [4.78, 5) is 8.44. The summed E-state index contributed by atoms with van der Waals surface area (Å²) >= 11 is 7.66. The van der Waals surface area contributed by atoms with E-state index in [1.54, 1.807) is 24.5 Å². The highest BCUT2D eigenvalue weighted by atomic mass is 35.5. The van der Waals surface area contributed by atoms with Gasteiger partial charge in [0, 0.05) is 34.9 Å². The molecule has 0 radical (unpaired) electrons. The van der Waals surface area contributed by atoms with Crippen LogP contribution in [0, 0.1) is 0 Å². The van der Waals surface area contributed by atoms with Crippen LogP contribution in [0.25, 0.3) is 11.3 Å². The molecule has 0 amide bonds. The van der Waals surface area contributed by atoms with E-state index in [4.69, 9.17) is 11.6 Å². The average molecular weight is 332 g/mol. The Morgan fingerprint density at radius 2 is 1.95 bits per heavy atom. The molecule has 1 unspecified atom stereocenters. The van der Waals surface area contributed by atoms with E-state index in [0.29, 0.717) is 11.6 Å². The Balaban J connectivity index is 1.67. The summed E-state index contributed by atoms with van der Waals surface area (Å²) in [5.41, 5.74) is 2.56. The molecule has 2 heterocycles. The Morgan fingerprint density at radius 3 is 2.73 bits per heavy atom. The smallest absolute Gasteiger partial charge is 0.183 e. The number of hydrogen-bond acceptors (Lipinski definition) is 5. The summed E-state index contributed by atoms with van der Waals surface area (Å²) < 4.78 is 0. The number of aromatic nitrogens is 2. The van der Waals surface area contributed by atoms with Gasteiger partial charge in [-0.3, -0.25) is 4.98 Å². The number of anilines is 1. The van der Waals surface area contributed by atoms with Crippen LogP contribution in [-0.4, -0.2) is 21.6 Å². The van der Waals surface area contributed by atoms with E-state index in [1.165, 1.54) is 11.3 Å². The molecule has 0 spiro atoms. The Labute approximate surface area is 137 Å². The maximum atomic E-state index is 10.1. The number of benzene rings is 1. The Hall–Kier alpha value is -1.95. The predicted octanol–water partition coefficient (Wildman–Crippen LogP) is 4.00. The highest BCUT2D eigenvalue weighted by Gasteiger charge is 2.10. The van der Waals surface area contributed by atoms with Gasteiger partial charge in [0.1, 0.15) is 0 Å². The third-order valence-electron chi connectivity index (χ3n) is 3.19. The number of pyridine rings is 1. The quantitative estimate of drug-likeness (QED) is 0.741. The van der Waals surface area contributed by atoms with Gasteiger partial charge in [-0.15, -0.1) is 11.3 Å². The molecule has 3 rings (SSSR count). The minimum atomic E-state index is -0.601. The van der Waals surface area contributed by atoms with Crippen molar-refractivity contribution in [3.05, 3.63) is 64.8 Å². The molecule has 0 aliphatic rings. The molecule has 1 atom stereocenters. The molecule has 2 N–H and O–H groups in total. The standard InChI is InChI=1S/C16H14ClN3OS/c17-13-4-2-1-3-12(13)14-10-22-16(20-14)19-9-15(21)11-5-7-18-8-6-11/h1-8,10,15,21H,9H2,(H,19,20). The molecule has 0 aliphatic heterocycles. The summed E-state index contributed by atoms with van der Waals surface area (Å²) in [6, 6.07) is 11.2. The molecular formula is C16H14ClN3OS. The molecule has 2 aromatic heterocycles. The van der Waals surface area contributed by atoms with Crippen LogP contribution in [0.3, 0.4) is 0 Å². The van der Waals surface area contributed by atoms with Crippen LogP contribution in [0.1, 0.15) is 11.7 Å². The van der Waals surface area contributed by atoms with Crippen LogP contribution in [0.5, 0.6) is 0 Å². The number of aliphatic hydroxyl groups is 1. The predicted molar refractivity (Wildman–Crippen MR) is 90.2 cm³/mol. The summed E-state index contributed by atoms with van der Waals surface area (Å²) in [6.07, 6.45) is 2.73. The lowest BCUT2D eigenvalue weighted by Gasteiger charge is -2.10. The highest BCUT2D eigenvalue weighted by molar-refractivity contribution is 7.14. The molecular weight excluding hydrogens is 318 g/mol. The number of thiazole rings is 1. The first-order chi connectivity index (χ1) is 10.7. The third kappa shape index (κ3) is 3.44. The SMILES string of the molecule is OC(CNc1nc(-c2ccccc2Cl)cs1)c1ccncc1. The molecule has 0 fully saturated rings. The topological polar surface area (TPSA) is 58.0 Å². The first kappa shape index (κ1) is 15.0. The molecule has 0 saturated carbocycles. The van der Waals surface area contributed by atoms with Crippen LogP contribution in [0.4, 0.5) is 5.13 Å². The number of rotatable bonds is 5. The molecule has 0 saturated heterocycles. The largest absolute Gasteiger partial charge is 0.387 e. The van der Waals surface area contributed by atoms with Crippen molar-refractivity contribution in [3.8, 4) is 11.3 Å². The van der Waals surface area contributed by atoms with Crippen molar-refractivity contribution in [3.63, 3.8) is 0 Å². The summed E-state index contributed by atoms with van der Waals surface area (Å²) in [7, 11) is 0. The van der Waals surface area contributed by atoms with Crippen LogP contribution in [0.2, 0.25) is 5.02 Å². The molecule has 4 nitrogen and oxygen atoms in total. The molecule has 3 aromatic rings. The second-order valence-electron chi connectivity index (χ2n) is 4.69. The lowest BCUT2D eigenvalue weighted by molar-refractivity contribution is 0.191. The normalized spacial score (nSPS) is 12.1. The van der Waals surface area contributed by atoms with E-state index >= 15 is 0 Å². The van der Waals surface area contributed by atoms with Gasteiger partial charge < -0.3 is 10.4 Å². The first-order valence-corrected chi connectivity index (χ1v) is 8.02. The van der Waals surface area contributed by atoms with E-state index in [-0.39, 0.29) is 0 Å². The van der Waals surface area contributed by atoms with Gasteiger partial charge in [-0.1, -0.05) is 29.8 Å². The maximum Gasteiger partial charge on any atom is 0.183 e. The zero-order chi connectivity index (χ0) is 15.4. The van der Waals surface area contributed by atoms with Gasteiger partial charge in [-0.2, -0.15) is 0 Å².